The SMILES string of the molecule is O=C1[C@@H]2[C@@H](CC(CO)N2Cc2ccccc2)CN1Cc1ccccc1. The van der Waals surface area contributed by atoms with Crippen molar-refractivity contribution in [3.63, 3.8) is 0 Å². The molecule has 2 aliphatic heterocycles. The number of aliphatic hydroxyl groups excluding tert-OH is 1. The van der Waals surface area contributed by atoms with E-state index in [0.717, 1.165) is 19.5 Å². The fraction of sp³-hybridized carbons (Fsp3) is 0.381. The summed E-state index contributed by atoms with van der Waals surface area (Å²) in [5.41, 5.74) is 2.36. The number of rotatable bonds is 5. The Morgan fingerprint density at radius 1 is 0.920 bits per heavy atom. The van der Waals surface area contributed by atoms with Crippen LogP contribution >= 0.6 is 0 Å². The standard InChI is InChI=1S/C21H24N2O2/c24-15-19-11-18-14-22(12-16-7-3-1-4-8-16)21(25)20(18)23(19)13-17-9-5-2-6-10-17/h1-10,18-20,24H,11-15H2/t18-,19?,20-/m0/s1. The van der Waals surface area contributed by atoms with Crippen LogP contribution in [0, 0.1) is 5.92 Å². The van der Waals surface area contributed by atoms with Crippen molar-refractivity contribution in [1.82, 2.24) is 9.80 Å². The first kappa shape index (κ1) is 16.3. The van der Waals surface area contributed by atoms with Gasteiger partial charge in [-0.05, 0) is 17.5 Å². The Hall–Kier alpha value is -2.17. The van der Waals surface area contributed by atoms with E-state index in [-0.39, 0.29) is 24.6 Å². The summed E-state index contributed by atoms with van der Waals surface area (Å²) in [6, 6.07) is 20.4. The number of fused-ring (bicyclic) bond motifs is 1. The summed E-state index contributed by atoms with van der Waals surface area (Å²) in [5, 5.41) is 9.79. The Morgan fingerprint density at radius 3 is 2.12 bits per heavy atom. The zero-order valence-corrected chi connectivity index (χ0v) is 14.3. The number of hydrogen-bond acceptors (Lipinski definition) is 3. The molecule has 0 saturated carbocycles. The molecule has 0 spiro atoms. The number of carbonyl (C=O) groups is 1. The maximum atomic E-state index is 13.1. The normalized spacial score (nSPS) is 26.2. The van der Waals surface area contributed by atoms with Crippen molar-refractivity contribution in [3.05, 3.63) is 71.8 Å². The van der Waals surface area contributed by atoms with Gasteiger partial charge in [-0.3, -0.25) is 9.69 Å². The molecule has 25 heavy (non-hydrogen) atoms. The van der Waals surface area contributed by atoms with Crippen LogP contribution in [0.4, 0.5) is 0 Å². The third kappa shape index (κ3) is 3.20. The van der Waals surface area contributed by atoms with E-state index < -0.39 is 0 Å². The van der Waals surface area contributed by atoms with Gasteiger partial charge in [0.05, 0.1) is 12.6 Å². The van der Waals surface area contributed by atoms with Crippen molar-refractivity contribution in [3.8, 4) is 0 Å². The van der Waals surface area contributed by atoms with Gasteiger partial charge in [-0.25, -0.2) is 0 Å². The highest BCUT2D eigenvalue weighted by Crippen LogP contribution is 2.38. The van der Waals surface area contributed by atoms with Crippen LogP contribution in [0.5, 0.6) is 0 Å². The maximum absolute atomic E-state index is 13.1. The number of nitrogens with zero attached hydrogens (tertiary/aromatic N) is 2. The molecule has 4 heteroatoms. The molecule has 4 nitrogen and oxygen atoms in total. The van der Waals surface area contributed by atoms with Crippen LogP contribution in [0.15, 0.2) is 60.7 Å². The Morgan fingerprint density at radius 2 is 1.52 bits per heavy atom. The highest BCUT2D eigenvalue weighted by Gasteiger charge is 2.51. The van der Waals surface area contributed by atoms with Crippen molar-refractivity contribution >= 4 is 5.91 Å². The third-order valence-corrected chi connectivity index (χ3v) is 5.50. The molecule has 0 aromatic heterocycles. The topological polar surface area (TPSA) is 43.8 Å². The van der Waals surface area contributed by atoms with E-state index in [1.807, 2.05) is 41.3 Å². The Balaban J connectivity index is 1.51. The number of carbonyl (C=O) groups excluding carboxylic acids is 1. The lowest BCUT2D eigenvalue weighted by Gasteiger charge is -2.29. The van der Waals surface area contributed by atoms with Gasteiger partial charge in [0, 0.05) is 31.6 Å². The fourth-order valence-corrected chi connectivity index (χ4v) is 4.34. The molecule has 2 aromatic rings. The van der Waals surface area contributed by atoms with Crippen LogP contribution in [0.25, 0.3) is 0 Å². The molecule has 2 heterocycles. The van der Waals surface area contributed by atoms with Crippen molar-refractivity contribution in [2.24, 2.45) is 5.92 Å². The van der Waals surface area contributed by atoms with Gasteiger partial charge < -0.3 is 10.0 Å². The van der Waals surface area contributed by atoms with Crippen LogP contribution in [0.3, 0.4) is 0 Å². The summed E-state index contributed by atoms with van der Waals surface area (Å²) in [6.45, 7) is 2.31. The average Bonchev–Trinajstić information content (AvgIpc) is 3.14. The number of aliphatic hydroxyl groups is 1. The summed E-state index contributed by atoms with van der Waals surface area (Å²) in [5.74, 6) is 0.526. The van der Waals surface area contributed by atoms with Crippen molar-refractivity contribution < 1.29 is 9.90 Å². The molecule has 2 saturated heterocycles. The molecule has 0 aliphatic carbocycles. The lowest BCUT2D eigenvalue weighted by molar-refractivity contribution is -0.133. The molecule has 130 valence electrons. The van der Waals surface area contributed by atoms with Crippen molar-refractivity contribution in [2.45, 2.75) is 31.6 Å². The highest BCUT2D eigenvalue weighted by atomic mass is 16.3. The predicted octanol–water partition coefficient (Wildman–Crippen LogP) is 2.28. The van der Waals surface area contributed by atoms with Gasteiger partial charge in [-0.2, -0.15) is 0 Å². The molecule has 2 fully saturated rings. The van der Waals surface area contributed by atoms with E-state index in [1.54, 1.807) is 0 Å². The van der Waals surface area contributed by atoms with Gasteiger partial charge >= 0.3 is 0 Å². The smallest absolute Gasteiger partial charge is 0.240 e. The molecular formula is C21H24N2O2. The third-order valence-electron chi connectivity index (χ3n) is 5.50. The van der Waals surface area contributed by atoms with Gasteiger partial charge in [0.1, 0.15) is 0 Å². The zero-order valence-electron chi connectivity index (χ0n) is 14.3. The summed E-state index contributed by atoms with van der Waals surface area (Å²) in [4.78, 5) is 17.3. The molecular weight excluding hydrogens is 312 g/mol. The zero-order chi connectivity index (χ0) is 17.2. The molecule has 1 unspecified atom stereocenters. The molecule has 1 amide bonds. The van der Waals surface area contributed by atoms with E-state index in [0.29, 0.717) is 12.5 Å². The quantitative estimate of drug-likeness (QED) is 0.911. The second-order valence-corrected chi connectivity index (χ2v) is 7.14. The van der Waals surface area contributed by atoms with E-state index in [1.165, 1.54) is 11.1 Å². The summed E-state index contributed by atoms with van der Waals surface area (Å²) >= 11 is 0. The predicted molar refractivity (Wildman–Crippen MR) is 96.6 cm³/mol. The van der Waals surface area contributed by atoms with Crippen LogP contribution in [-0.4, -0.2) is 46.0 Å². The average molecular weight is 336 g/mol. The van der Waals surface area contributed by atoms with Crippen molar-refractivity contribution in [2.75, 3.05) is 13.2 Å². The lowest BCUT2D eigenvalue weighted by atomic mass is 10.0. The maximum Gasteiger partial charge on any atom is 0.240 e. The van der Waals surface area contributed by atoms with E-state index in [4.69, 9.17) is 0 Å². The summed E-state index contributed by atoms with van der Waals surface area (Å²) < 4.78 is 0. The van der Waals surface area contributed by atoms with E-state index in [9.17, 15) is 9.90 Å². The lowest BCUT2D eigenvalue weighted by Crippen LogP contribution is -2.44. The molecule has 0 radical (unpaired) electrons. The van der Waals surface area contributed by atoms with Gasteiger partial charge in [0.2, 0.25) is 5.91 Å². The number of hydrogen-bond donors (Lipinski definition) is 1. The summed E-state index contributed by atoms with van der Waals surface area (Å²) in [7, 11) is 0. The van der Waals surface area contributed by atoms with Crippen LogP contribution < -0.4 is 0 Å². The van der Waals surface area contributed by atoms with E-state index in [2.05, 4.69) is 29.2 Å². The molecule has 4 rings (SSSR count). The van der Waals surface area contributed by atoms with Gasteiger partial charge in [0.25, 0.3) is 0 Å². The van der Waals surface area contributed by atoms with E-state index >= 15 is 0 Å². The van der Waals surface area contributed by atoms with Crippen LogP contribution in [0.1, 0.15) is 17.5 Å². The monoisotopic (exact) mass is 336 g/mol. The Kier molecular flexibility index (Phi) is 4.55. The molecule has 2 aromatic carbocycles. The number of likely N-dealkylation sites (tertiary alicyclic amines) is 2. The highest BCUT2D eigenvalue weighted by molar-refractivity contribution is 5.85. The second kappa shape index (κ2) is 6.98. The van der Waals surface area contributed by atoms with Gasteiger partial charge in [-0.15, -0.1) is 0 Å². The van der Waals surface area contributed by atoms with Gasteiger partial charge in [-0.1, -0.05) is 60.7 Å². The number of benzene rings is 2. The Bertz CT molecular complexity index is 719. The molecule has 3 atom stereocenters. The molecule has 0 bridgehead atoms. The minimum atomic E-state index is -0.0962. The van der Waals surface area contributed by atoms with Crippen LogP contribution in [-0.2, 0) is 17.9 Å². The fourth-order valence-electron chi connectivity index (χ4n) is 4.34. The van der Waals surface area contributed by atoms with Crippen LogP contribution in [0.2, 0.25) is 0 Å². The van der Waals surface area contributed by atoms with Crippen molar-refractivity contribution in [1.29, 1.82) is 0 Å². The minimum Gasteiger partial charge on any atom is -0.395 e. The Labute approximate surface area is 148 Å². The molecule has 2 aliphatic rings. The minimum absolute atomic E-state index is 0.0815. The van der Waals surface area contributed by atoms with Gasteiger partial charge in [0.15, 0.2) is 0 Å². The second-order valence-electron chi connectivity index (χ2n) is 7.14. The molecule has 1 N–H and O–H groups in total. The first-order valence-corrected chi connectivity index (χ1v) is 8.99. The summed E-state index contributed by atoms with van der Waals surface area (Å²) in [6.07, 6.45) is 0.894. The first-order valence-electron chi connectivity index (χ1n) is 8.99. The first-order chi connectivity index (χ1) is 12.3. The largest absolute Gasteiger partial charge is 0.395 e. The number of amides is 1.